The fraction of sp³-hybridized carbons (Fsp3) is 0.466. The number of carbonyl (C=O) groups excluding carboxylic acids is 4. The Labute approximate surface area is 536 Å². The van der Waals surface area contributed by atoms with Crippen molar-refractivity contribution in [1.82, 2.24) is 5.06 Å². The fourth-order valence-electron chi connectivity index (χ4n) is 11.9. The number of nitrogens with zero attached hydrogens (tertiary/aromatic N) is 3. The van der Waals surface area contributed by atoms with Gasteiger partial charge in [-0.3, -0.25) is 14.4 Å². The summed E-state index contributed by atoms with van der Waals surface area (Å²) in [6.07, 6.45) is 0.544. The molecule has 1 saturated heterocycles. The van der Waals surface area contributed by atoms with E-state index in [1.54, 1.807) is 25.9 Å². The molecule has 1 fully saturated rings. The van der Waals surface area contributed by atoms with Crippen molar-refractivity contribution in [3.63, 3.8) is 0 Å². The lowest BCUT2D eigenvalue weighted by atomic mass is 9.72. The summed E-state index contributed by atoms with van der Waals surface area (Å²) in [6, 6.07) is 7.66. The third kappa shape index (κ3) is 16.1. The number of amides is 2. The number of allylic oxidation sites excluding steroid dienone is 5. The van der Waals surface area contributed by atoms with E-state index in [0.29, 0.717) is 50.2 Å². The number of anilines is 1. The van der Waals surface area contributed by atoms with Gasteiger partial charge in [-0.2, -0.15) is 4.58 Å². The molecule has 0 spiro atoms. The Balaban J connectivity index is 1.22. The number of Topliss-reactive ketones (excluding diaryl/α,β-unsaturated/α-hetero) is 1. The topological polar surface area (TPSA) is 449 Å². The summed E-state index contributed by atoms with van der Waals surface area (Å²) in [7, 11) is -25.4. The maximum Gasteiger partial charge on any atom is 0.333 e. The molecule has 508 valence electrons. The molecule has 8 rings (SSSR count). The van der Waals surface area contributed by atoms with Crippen molar-refractivity contribution in [3.8, 4) is 0 Å². The minimum absolute atomic E-state index is 0.00335. The van der Waals surface area contributed by atoms with Crippen LogP contribution in [0.25, 0.3) is 21.5 Å². The Kier molecular flexibility index (Phi) is 22.4. The molecule has 3 heterocycles. The van der Waals surface area contributed by atoms with Gasteiger partial charge >= 0.3 is 5.97 Å². The molecule has 35 heteroatoms. The normalized spacial score (nSPS) is 19.7. The van der Waals surface area contributed by atoms with E-state index in [1.165, 1.54) is 47.9 Å². The van der Waals surface area contributed by atoms with Crippen molar-refractivity contribution in [3.05, 3.63) is 94.4 Å². The highest BCUT2D eigenvalue weighted by Gasteiger charge is 2.52. The number of carbonyl (C=O) groups is 4. The summed E-state index contributed by atoms with van der Waals surface area (Å²) in [5.41, 5.74) is -3.47. The highest BCUT2D eigenvalue weighted by Crippen LogP contribution is 2.55. The minimum atomic E-state index is -5.55. The molecule has 0 aromatic heterocycles. The molecule has 4 aromatic carbocycles. The first-order valence-electron chi connectivity index (χ1n) is 28.9. The fourth-order valence-corrected chi connectivity index (χ4v) is 15.0. The van der Waals surface area contributed by atoms with Gasteiger partial charge in [0, 0.05) is 85.2 Å². The number of ketones is 1. The molecule has 0 saturated carbocycles. The van der Waals surface area contributed by atoms with Crippen LogP contribution in [0.3, 0.4) is 0 Å². The molecule has 1 aliphatic carbocycles. The van der Waals surface area contributed by atoms with E-state index in [4.69, 9.17) is 33.3 Å². The van der Waals surface area contributed by atoms with Crippen LogP contribution in [-0.2, 0) is 114 Å². The van der Waals surface area contributed by atoms with Gasteiger partial charge in [0.05, 0.1) is 119 Å². The summed E-state index contributed by atoms with van der Waals surface area (Å²) < 4.78 is 223. The SMILES string of the molecule is CCN1/C(=C/C2=C(O)C(=C/C3=[N+](CCCC(=O)ON4C(=O)CCC4=O)c4ccc5c(S(=O)(=O)[O-])cc(S(=O)(=O)[O-])cc5c4C3(C)CCOCCOCCOCCOCCOCCOC)/C2=O)C(C)(CCCS(=O)(=O)[O-])c2c1ccc1c(S(=O)(=O)[O-])cc(S(=O)(=O)[O-])cc21. The van der Waals surface area contributed by atoms with Crippen LogP contribution < -0.4 is 4.90 Å². The number of aliphatic hydroxyl groups excluding tert-OH is 1. The van der Waals surface area contributed by atoms with E-state index in [1.807, 2.05) is 0 Å². The Hall–Kier alpha value is -6.52. The Morgan fingerprint density at radius 3 is 1.58 bits per heavy atom. The molecule has 0 bridgehead atoms. The molecular formula is C58H65N3O27S5-4. The molecule has 2 unspecified atom stereocenters. The van der Waals surface area contributed by atoms with Crippen molar-refractivity contribution >= 4 is 113 Å². The predicted octanol–water partition coefficient (Wildman–Crippen LogP) is 2.80. The van der Waals surface area contributed by atoms with Gasteiger partial charge in [-0.25, -0.2) is 46.9 Å². The molecule has 2 atom stereocenters. The third-order valence-electron chi connectivity index (χ3n) is 16.2. The summed E-state index contributed by atoms with van der Waals surface area (Å²) >= 11 is 0. The minimum Gasteiger partial charge on any atom is -0.748 e. The van der Waals surface area contributed by atoms with E-state index in [9.17, 15) is 89.1 Å². The number of fused-ring (bicyclic) bond motifs is 6. The Bertz CT molecular complexity index is 4380. The number of likely N-dealkylation sites (N-methyl/N-ethyl adjacent to an activating group) is 1. The van der Waals surface area contributed by atoms with Gasteiger partial charge in [-0.1, -0.05) is 6.07 Å². The number of aliphatic hydroxyl groups is 1. The number of benzene rings is 4. The van der Waals surface area contributed by atoms with E-state index in [2.05, 4.69) is 0 Å². The van der Waals surface area contributed by atoms with Gasteiger partial charge in [-0.15, -0.1) is 5.06 Å². The van der Waals surface area contributed by atoms with Gasteiger partial charge in [0.25, 0.3) is 11.8 Å². The first-order chi connectivity index (χ1) is 43.6. The van der Waals surface area contributed by atoms with Gasteiger partial charge in [0.1, 0.15) is 52.8 Å². The lowest BCUT2D eigenvalue weighted by Gasteiger charge is -2.32. The van der Waals surface area contributed by atoms with Gasteiger partial charge < -0.3 is 66.0 Å². The van der Waals surface area contributed by atoms with Crippen LogP contribution in [0.2, 0.25) is 0 Å². The first-order valence-corrected chi connectivity index (χ1v) is 36.1. The number of methoxy groups -OCH3 is 1. The van der Waals surface area contributed by atoms with E-state index in [-0.39, 0.29) is 140 Å². The molecule has 1 N–H and O–H groups in total. The summed E-state index contributed by atoms with van der Waals surface area (Å²) in [4.78, 5) is 55.2. The number of ether oxygens (including phenoxy) is 6. The smallest absolute Gasteiger partial charge is 0.333 e. The number of hydroxylamine groups is 2. The molecule has 3 aliphatic heterocycles. The maximum atomic E-state index is 15.0. The summed E-state index contributed by atoms with van der Waals surface area (Å²) in [5.74, 6) is -5.07. The molecular weight excluding hydrogens is 1330 g/mol. The molecule has 4 aliphatic rings. The second-order valence-electron chi connectivity index (χ2n) is 22.2. The van der Waals surface area contributed by atoms with Crippen LogP contribution in [0.4, 0.5) is 11.4 Å². The quantitative estimate of drug-likeness (QED) is 0.0231. The van der Waals surface area contributed by atoms with Crippen molar-refractivity contribution < 1.29 is 127 Å². The van der Waals surface area contributed by atoms with Crippen LogP contribution in [-0.4, -0.2) is 208 Å². The molecule has 93 heavy (non-hydrogen) atoms. The average Bonchev–Trinajstić information content (AvgIpc) is 1.58. The molecule has 4 aromatic rings. The second kappa shape index (κ2) is 28.8. The molecule has 0 radical (unpaired) electrons. The number of hydrogen-bond donors (Lipinski definition) is 1. The van der Waals surface area contributed by atoms with Crippen LogP contribution in [0.5, 0.6) is 0 Å². The highest BCUT2D eigenvalue weighted by molar-refractivity contribution is 7.87. The van der Waals surface area contributed by atoms with Crippen molar-refractivity contribution in [2.24, 2.45) is 0 Å². The van der Waals surface area contributed by atoms with Gasteiger partial charge in [0.2, 0.25) is 11.5 Å². The Morgan fingerprint density at radius 1 is 0.613 bits per heavy atom. The highest BCUT2D eigenvalue weighted by atomic mass is 32.2. The van der Waals surface area contributed by atoms with Crippen molar-refractivity contribution in [1.29, 1.82) is 0 Å². The van der Waals surface area contributed by atoms with Crippen LogP contribution >= 0.6 is 0 Å². The summed E-state index contributed by atoms with van der Waals surface area (Å²) in [5, 5.41) is 11.4. The molecule has 2 amide bonds. The first kappa shape index (κ1) is 72.3. The number of rotatable bonds is 34. The largest absolute Gasteiger partial charge is 0.748 e. The number of imide groups is 1. The zero-order chi connectivity index (χ0) is 68.2. The van der Waals surface area contributed by atoms with Crippen LogP contribution in [0, 0.1) is 0 Å². The Morgan fingerprint density at radius 2 is 1.11 bits per heavy atom. The van der Waals surface area contributed by atoms with Gasteiger partial charge in [0.15, 0.2) is 5.71 Å². The lowest BCUT2D eigenvalue weighted by molar-refractivity contribution is -0.438. The zero-order valence-electron chi connectivity index (χ0n) is 50.6. The van der Waals surface area contributed by atoms with E-state index in [0.717, 1.165) is 12.1 Å². The number of hydrogen-bond acceptors (Lipinski definition) is 28. The van der Waals surface area contributed by atoms with Gasteiger partial charge in [-0.05, 0) is 104 Å². The summed E-state index contributed by atoms with van der Waals surface area (Å²) in [6.45, 7) is 6.77. The third-order valence-corrected chi connectivity index (χ3v) is 20.4. The predicted molar refractivity (Wildman–Crippen MR) is 319 cm³/mol. The lowest BCUT2D eigenvalue weighted by Crippen LogP contribution is -2.35. The van der Waals surface area contributed by atoms with E-state index >= 15 is 0 Å². The monoisotopic (exact) mass is 1400 g/mol. The van der Waals surface area contributed by atoms with Crippen LogP contribution in [0.15, 0.2) is 103 Å². The van der Waals surface area contributed by atoms with Crippen LogP contribution in [0.1, 0.15) is 76.8 Å². The van der Waals surface area contributed by atoms with Crippen molar-refractivity contribution in [2.45, 2.75) is 96.1 Å². The maximum absolute atomic E-state index is 15.0. The standard InChI is InChI=1S/C58H69N3O27S5/c1-5-59-44-11-9-38-40(30-36(90(70,71)72)32-46(38)92(76,77)78)53(44)57(2,15-7-29-89(67,68)69)48(59)34-42-55(65)43(56(42)66)35-49-58(3,16-18-83-21-22-85-25-26-87-28-27-86-24-23-84-20-19-82-4)54-41-31-37(91(73,74)75)33-47(93(79,80)81)39(41)10-12-45(54)60(49)17-6-8-52(64)88-61-50(62)13-14-51(61)63/h9-12,30-35H,5-8,13-29H2,1-4H3,(H5-,65,66,67,68,69,70,71,72,73,74,75,76,77,78,79,80,81)/p-4. The molecule has 30 nitrogen and oxygen atoms in total. The zero-order valence-corrected chi connectivity index (χ0v) is 54.6. The van der Waals surface area contributed by atoms with Crippen molar-refractivity contribution in [2.75, 3.05) is 104 Å². The second-order valence-corrected chi connectivity index (χ2v) is 29.2. The average molecular weight is 1400 g/mol. The van der Waals surface area contributed by atoms with E-state index < -0.39 is 140 Å².